The van der Waals surface area contributed by atoms with Crippen LogP contribution < -0.4 is 4.74 Å². The third kappa shape index (κ3) is 4.34. The molecule has 0 fully saturated rings. The maximum atomic E-state index is 12.5. The SMILES string of the molecule is CCC/C=C/[C@@H]1CC(=O)c2c(CC(=O)OCC)cc(O)cc2O1. The Bertz CT molecular complexity index is 618. The molecule has 0 aromatic heterocycles. The molecule has 0 amide bonds. The normalized spacial score (nSPS) is 17.0. The van der Waals surface area contributed by atoms with Crippen LogP contribution in [0.3, 0.4) is 0 Å². The van der Waals surface area contributed by atoms with E-state index in [2.05, 4.69) is 6.92 Å². The molecule has 0 saturated carbocycles. The fourth-order valence-electron chi connectivity index (χ4n) is 2.58. The van der Waals surface area contributed by atoms with E-state index < -0.39 is 5.97 Å². The molecule has 1 atom stereocenters. The lowest BCUT2D eigenvalue weighted by atomic mass is 9.93. The van der Waals surface area contributed by atoms with E-state index in [9.17, 15) is 14.7 Å². The summed E-state index contributed by atoms with van der Waals surface area (Å²) in [6, 6.07) is 2.84. The lowest BCUT2D eigenvalue weighted by molar-refractivity contribution is -0.142. The number of fused-ring (bicyclic) bond motifs is 1. The molecule has 0 saturated heterocycles. The van der Waals surface area contributed by atoms with E-state index in [1.54, 1.807) is 6.92 Å². The van der Waals surface area contributed by atoms with Gasteiger partial charge in [-0.3, -0.25) is 9.59 Å². The second-order valence-corrected chi connectivity index (χ2v) is 5.46. The van der Waals surface area contributed by atoms with Crippen molar-refractivity contribution in [1.29, 1.82) is 0 Å². The van der Waals surface area contributed by atoms with Crippen molar-refractivity contribution in [3.8, 4) is 11.5 Å². The lowest BCUT2D eigenvalue weighted by Crippen LogP contribution is -2.26. The minimum Gasteiger partial charge on any atom is -0.508 e. The smallest absolute Gasteiger partial charge is 0.310 e. The summed E-state index contributed by atoms with van der Waals surface area (Å²) < 4.78 is 10.7. The van der Waals surface area contributed by atoms with Crippen LogP contribution in [0.5, 0.6) is 11.5 Å². The van der Waals surface area contributed by atoms with Crippen molar-refractivity contribution in [3.05, 3.63) is 35.4 Å². The summed E-state index contributed by atoms with van der Waals surface area (Å²) in [7, 11) is 0. The van der Waals surface area contributed by atoms with Gasteiger partial charge in [-0.2, -0.15) is 0 Å². The van der Waals surface area contributed by atoms with Crippen molar-refractivity contribution < 1.29 is 24.2 Å². The van der Waals surface area contributed by atoms with Crippen LogP contribution >= 0.6 is 0 Å². The second kappa shape index (κ2) is 7.81. The highest BCUT2D eigenvalue weighted by molar-refractivity contribution is 6.02. The summed E-state index contributed by atoms with van der Waals surface area (Å²) >= 11 is 0. The van der Waals surface area contributed by atoms with Crippen LogP contribution in [0, 0.1) is 0 Å². The number of ether oxygens (including phenoxy) is 2. The first-order valence-electron chi connectivity index (χ1n) is 7.93. The van der Waals surface area contributed by atoms with Crippen molar-refractivity contribution in [2.75, 3.05) is 6.61 Å². The van der Waals surface area contributed by atoms with Crippen molar-refractivity contribution in [3.63, 3.8) is 0 Å². The van der Waals surface area contributed by atoms with Gasteiger partial charge in [-0.05, 0) is 31.1 Å². The number of hydrogen-bond acceptors (Lipinski definition) is 5. The van der Waals surface area contributed by atoms with Gasteiger partial charge in [-0.25, -0.2) is 0 Å². The monoisotopic (exact) mass is 318 g/mol. The van der Waals surface area contributed by atoms with E-state index in [0.717, 1.165) is 12.8 Å². The molecular formula is C18H22O5. The van der Waals surface area contributed by atoms with Crippen LogP contribution in [0.25, 0.3) is 0 Å². The Balaban J connectivity index is 2.27. The zero-order chi connectivity index (χ0) is 16.8. The lowest BCUT2D eigenvalue weighted by Gasteiger charge is -2.25. The zero-order valence-electron chi connectivity index (χ0n) is 13.5. The number of carbonyl (C=O) groups is 2. The molecular weight excluding hydrogens is 296 g/mol. The van der Waals surface area contributed by atoms with Crippen LogP contribution in [0.1, 0.15) is 49.0 Å². The number of phenolic OH excluding ortho intramolecular Hbond substituents is 1. The quantitative estimate of drug-likeness (QED) is 0.644. The summed E-state index contributed by atoms with van der Waals surface area (Å²) in [6.07, 6.45) is 5.65. The molecule has 5 nitrogen and oxygen atoms in total. The number of esters is 1. The molecule has 0 spiro atoms. The fraction of sp³-hybridized carbons (Fsp3) is 0.444. The first-order chi connectivity index (χ1) is 11.0. The third-order valence-corrected chi connectivity index (χ3v) is 3.56. The van der Waals surface area contributed by atoms with E-state index in [-0.39, 0.29) is 37.1 Å². The Morgan fingerprint density at radius 2 is 2.22 bits per heavy atom. The van der Waals surface area contributed by atoms with Gasteiger partial charge in [0.1, 0.15) is 17.6 Å². The average Bonchev–Trinajstić information content (AvgIpc) is 2.46. The molecule has 1 aromatic carbocycles. The number of allylic oxidation sites excluding steroid dienone is 1. The second-order valence-electron chi connectivity index (χ2n) is 5.46. The Labute approximate surface area is 135 Å². The van der Waals surface area contributed by atoms with Crippen molar-refractivity contribution in [2.24, 2.45) is 0 Å². The summed E-state index contributed by atoms with van der Waals surface area (Å²) in [4.78, 5) is 24.1. The van der Waals surface area contributed by atoms with Crippen LogP contribution in [0.15, 0.2) is 24.3 Å². The number of Topliss-reactive ketones (excluding diaryl/α,β-unsaturated/α-hetero) is 1. The summed E-state index contributed by atoms with van der Waals surface area (Å²) in [5.41, 5.74) is 0.815. The molecule has 1 heterocycles. The third-order valence-electron chi connectivity index (χ3n) is 3.56. The molecule has 1 aromatic rings. The number of aromatic hydroxyl groups is 1. The van der Waals surface area contributed by atoms with E-state index in [1.807, 2.05) is 12.2 Å². The van der Waals surface area contributed by atoms with Crippen LogP contribution in [-0.4, -0.2) is 29.6 Å². The number of phenols is 1. The molecule has 1 aliphatic rings. The predicted octanol–water partition coefficient (Wildman–Crippen LogP) is 3.19. The van der Waals surface area contributed by atoms with Gasteiger partial charge in [-0.1, -0.05) is 19.4 Å². The molecule has 0 radical (unpaired) electrons. The van der Waals surface area contributed by atoms with E-state index in [0.29, 0.717) is 16.9 Å². The maximum Gasteiger partial charge on any atom is 0.310 e. The molecule has 1 aliphatic heterocycles. The summed E-state index contributed by atoms with van der Waals surface area (Å²) in [6.45, 7) is 4.07. The number of unbranched alkanes of at least 4 members (excludes halogenated alkanes) is 1. The highest BCUT2D eigenvalue weighted by atomic mass is 16.5. The Morgan fingerprint density at radius 3 is 2.91 bits per heavy atom. The van der Waals surface area contributed by atoms with Gasteiger partial charge in [0.15, 0.2) is 5.78 Å². The van der Waals surface area contributed by atoms with E-state index >= 15 is 0 Å². The standard InChI is InChI=1S/C18H22O5/c1-3-5-6-7-14-11-15(20)18-12(9-17(21)22-4-2)8-13(19)10-16(18)23-14/h6-8,10,14,19H,3-5,9,11H2,1-2H3/b7-6+/t14-/m1/s1. The fourth-order valence-corrected chi connectivity index (χ4v) is 2.58. The number of benzene rings is 1. The maximum absolute atomic E-state index is 12.5. The first-order valence-corrected chi connectivity index (χ1v) is 7.93. The number of ketones is 1. The molecule has 0 aliphatic carbocycles. The van der Waals surface area contributed by atoms with Gasteiger partial charge in [-0.15, -0.1) is 0 Å². The molecule has 0 unspecified atom stereocenters. The number of rotatable bonds is 6. The highest BCUT2D eigenvalue weighted by Crippen LogP contribution is 2.35. The number of carbonyl (C=O) groups excluding carboxylic acids is 2. The largest absolute Gasteiger partial charge is 0.508 e. The topological polar surface area (TPSA) is 72.8 Å². The Kier molecular flexibility index (Phi) is 5.79. The molecule has 23 heavy (non-hydrogen) atoms. The molecule has 124 valence electrons. The Hall–Kier alpha value is -2.30. The minimum absolute atomic E-state index is 0.0333. The van der Waals surface area contributed by atoms with E-state index in [4.69, 9.17) is 9.47 Å². The van der Waals surface area contributed by atoms with Gasteiger partial charge in [0.05, 0.1) is 25.0 Å². The summed E-state index contributed by atoms with van der Waals surface area (Å²) in [5, 5.41) is 9.84. The van der Waals surface area contributed by atoms with Crippen LogP contribution in [0.2, 0.25) is 0 Å². The minimum atomic E-state index is -0.432. The van der Waals surface area contributed by atoms with Gasteiger partial charge in [0, 0.05) is 6.07 Å². The number of hydrogen-bond donors (Lipinski definition) is 1. The first kappa shape index (κ1) is 17.1. The van der Waals surface area contributed by atoms with Crippen LogP contribution in [0.4, 0.5) is 0 Å². The average molecular weight is 318 g/mol. The Morgan fingerprint density at radius 1 is 1.43 bits per heavy atom. The summed E-state index contributed by atoms with van der Waals surface area (Å²) in [5.74, 6) is -0.226. The van der Waals surface area contributed by atoms with Crippen LogP contribution in [-0.2, 0) is 16.0 Å². The molecule has 1 N–H and O–H groups in total. The van der Waals surface area contributed by atoms with Gasteiger partial charge in [0.25, 0.3) is 0 Å². The van der Waals surface area contributed by atoms with E-state index in [1.165, 1.54) is 12.1 Å². The predicted molar refractivity (Wildman–Crippen MR) is 85.9 cm³/mol. The van der Waals surface area contributed by atoms with Gasteiger partial charge in [0.2, 0.25) is 0 Å². The van der Waals surface area contributed by atoms with Crippen molar-refractivity contribution in [1.82, 2.24) is 0 Å². The van der Waals surface area contributed by atoms with Crippen molar-refractivity contribution in [2.45, 2.75) is 45.6 Å². The van der Waals surface area contributed by atoms with Gasteiger partial charge >= 0.3 is 5.97 Å². The highest BCUT2D eigenvalue weighted by Gasteiger charge is 2.29. The van der Waals surface area contributed by atoms with Gasteiger partial charge < -0.3 is 14.6 Å². The van der Waals surface area contributed by atoms with Crippen molar-refractivity contribution >= 4 is 11.8 Å². The molecule has 5 heteroatoms. The molecule has 0 bridgehead atoms. The molecule has 2 rings (SSSR count). The zero-order valence-corrected chi connectivity index (χ0v) is 13.5.